The number of ether oxygens (including phenoxy) is 1. The van der Waals surface area contributed by atoms with Gasteiger partial charge in [-0.25, -0.2) is 8.42 Å². The maximum absolute atomic E-state index is 13.4. The van der Waals surface area contributed by atoms with E-state index in [0.29, 0.717) is 22.2 Å². The molecule has 3 nitrogen and oxygen atoms in total. The van der Waals surface area contributed by atoms with Gasteiger partial charge in [-0.15, -0.1) is 0 Å². The number of unbranched alkanes of at least 4 members (excludes halogenated alkanes) is 1. The molecule has 0 spiro atoms. The molecule has 4 heteroatoms. The second-order valence-electron chi connectivity index (χ2n) is 6.35. The standard InChI is InChI=1S/C21H24O3S/c1-2-3-10-18-15-16-24-20(17-11-6-4-7-12-17)21(18)25(22,23)19-13-8-5-9-14-19/h4-9,11-14,18H,2-3,10,15-16H2,1H3/t18-/m1/s1. The maximum atomic E-state index is 13.4. The van der Waals surface area contributed by atoms with Crippen LogP contribution in [0.5, 0.6) is 0 Å². The molecule has 0 fully saturated rings. The van der Waals surface area contributed by atoms with E-state index in [0.717, 1.165) is 31.2 Å². The average molecular weight is 356 g/mol. The quantitative estimate of drug-likeness (QED) is 0.727. The van der Waals surface area contributed by atoms with E-state index in [1.807, 2.05) is 36.4 Å². The van der Waals surface area contributed by atoms with Gasteiger partial charge < -0.3 is 4.74 Å². The fourth-order valence-corrected chi connectivity index (χ4v) is 5.16. The lowest BCUT2D eigenvalue weighted by Gasteiger charge is -2.29. The molecule has 0 amide bonds. The van der Waals surface area contributed by atoms with E-state index in [1.54, 1.807) is 24.3 Å². The number of hydrogen-bond donors (Lipinski definition) is 0. The predicted molar refractivity (Wildman–Crippen MR) is 101 cm³/mol. The number of allylic oxidation sites excluding steroid dienone is 1. The minimum absolute atomic E-state index is 0.00844. The Kier molecular flexibility index (Phi) is 5.59. The highest BCUT2D eigenvalue weighted by atomic mass is 32.2. The van der Waals surface area contributed by atoms with Crippen LogP contribution in [0, 0.1) is 5.92 Å². The highest BCUT2D eigenvalue weighted by Gasteiger charge is 2.35. The summed E-state index contributed by atoms with van der Waals surface area (Å²) in [5.41, 5.74) is 0.832. The summed E-state index contributed by atoms with van der Waals surface area (Å²) >= 11 is 0. The summed E-state index contributed by atoms with van der Waals surface area (Å²) in [4.78, 5) is 0.787. The fraction of sp³-hybridized carbons (Fsp3) is 0.333. The minimum atomic E-state index is -3.58. The molecule has 0 aromatic heterocycles. The van der Waals surface area contributed by atoms with Crippen LogP contribution in [-0.2, 0) is 14.6 Å². The van der Waals surface area contributed by atoms with Crippen molar-refractivity contribution in [3.8, 4) is 0 Å². The molecule has 2 aromatic rings. The summed E-state index contributed by atoms with van der Waals surface area (Å²) in [6.45, 7) is 2.69. The molecule has 1 aliphatic heterocycles. The van der Waals surface area contributed by atoms with Crippen LogP contribution in [0.15, 0.2) is 70.5 Å². The number of benzene rings is 2. The van der Waals surface area contributed by atoms with E-state index in [-0.39, 0.29) is 5.92 Å². The van der Waals surface area contributed by atoms with E-state index < -0.39 is 9.84 Å². The smallest absolute Gasteiger partial charge is 0.206 e. The van der Waals surface area contributed by atoms with Crippen LogP contribution in [0.25, 0.3) is 5.76 Å². The van der Waals surface area contributed by atoms with E-state index in [9.17, 15) is 8.42 Å². The van der Waals surface area contributed by atoms with E-state index in [4.69, 9.17) is 4.74 Å². The van der Waals surface area contributed by atoms with Crippen LogP contribution in [-0.4, -0.2) is 15.0 Å². The SMILES string of the molecule is CCCC[C@@H]1CCOC(c2ccccc2)=C1S(=O)(=O)c1ccccc1. The zero-order valence-electron chi connectivity index (χ0n) is 14.5. The van der Waals surface area contributed by atoms with Crippen LogP contribution < -0.4 is 0 Å². The summed E-state index contributed by atoms with van der Waals surface area (Å²) in [5.74, 6) is 0.533. The first kappa shape index (κ1) is 17.7. The van der Waals surface area contributed by atoms with E-state index in [1.165, 1.54) is 0 Å². The lowest BCUT2D eigenvalue weighted by atomic mass is 9.94. The zero-order valence-corrected chi connectivity index (χ0v) is 15.3. The van der Waals surface area contributed by atoms with Gasteiger partial charge in [0.2, 0.25) is 9.84 Å². The molecular formula is C21H24O3S. The molecule has 25 heavy (non-hydrogen) atoms. The van der Waals surface area contributed by atoms with Crippen LogP contribution in [0.3, 0.4) is 0 Å². The van der Waals surface area contributed by atoms with Gasteiger partial charge in [0.15, 0.2) is 0 Å². The monoisotopic (exact) mass is 356 g/mol. The van der Waals surface area contributed by atoms with Gasteiger partial charge in [-0.2, -0.15) is 0 Å². The second-order valence-corrected chi connectivity index (χ2v) is 8.27. The van der Waals surface area contributed by atoms with Crippen molar-refractivity contribution in [3.63, 3.8) is 0 Å². The molecule has 1 atom stereocenters. The first-order valence-corrected chi connectivity index (χ1v) is 10.4. The van der Waals surface area contributed by atoms with E-state index >= 15 is 0 Å². The second kappa shape index (κ2) is 7.87. The Morgan fingerprint density at radius 1 is 1.00 bits per heavy atom. The third kappa shape index (κ3) is 3.79. The number of hydrogen-bond acceptors (Lipinski definition) is 3. The van der Waals surface area contributed by atoms with Crippen molar-refractivity contribution in [1.29, 1.82) is 0 Å². The summed E-state index contributed by atoms with van der Waals surface area (Å²) in [6.07, 6.45) is 3.69. The van der Waals surface area contributed by atoms with Gasteiger partial charge in [-0.05, 0) is 25.0 Å². The molecule has 2 aromatic carbocycles. The zero-order chi connectivity index (χ0) is 17.7. The summed E-state index contributed by atoms with van der Waals surface area (Å²) in [6, 6.07) is 18.3. The van der Waals surface area contributed by atoms with Crippen molar-refractivity contribution in [1.82, 2.24) is 0 Å². The van der Waals surface area contributed by atoms with Crippen molar-refractivity contribution in [2.75, 3.05) is 6.61 Å². The van der Waals surface area contributed by atoms with E-state index in [2.05, 4.69) is 6.92 Å². The Bertz CT molecular complexity index is 824. The topological polar surface area (TPSA) is 43.4 Å². The first-order valence-electron chi connectivity index (χ1n) is 8.87. The molecule has 1 aliphatic rings. The molecule has 132 valence electrons. The average Bonchev–Trinajstić information content (AvgIpc) is 2.67. The Balaban J connectivity index is 2.16. The largest absolute Gasteiger partial charge is 0.492 e. The van der Waals surface area contributed by atoms with Gasteiger partial charge in [-0.3, -0.25) is 0 Å². The number of rotatable bonds is 6. The summed E-state index contributed by atoms with van der Waals surface area (Å²) in [5, 5.41) is 0. The third-order valence-electron chi connectivity index (χ3n) is 4.59. The van der Waals surface area contributed by atoms with Crippen LogP contribution >= 0.6 is 0 Å². The molecule has 0 saturated heterocycles. The molecule has 0 saturated carbocycles. The van der Waals surface area contributed by atoms with Crippen molar-refractivity contribution in [2.24, 2.45) is 5.92 Å². The molecule has 3 rings (SSSR count). The Hall–Kier alpha value is -2.07. The summed E-state index contributed by atoms with van der Waals surface area (Å²) in [7, 11) is -3.58. The number of sulfone groups is 1. The fourth-order valence-electron chi connectivity index (χ4n) is 3.30. The first-order chi connectivity index (χ1) is 12.1. The lowest BCUT2D eigenvalue weighted by molar-refractivity contribution is 0.226. The van der Waals surface area contributed by atoms with Crippen LogP contribution in [0.4, 0.5) is 0 Å². The lowest BCUT2D eigenvalue weighted by Crippen LogP contribution is -2.23. The minimum Gasteiger partial charge on any atom is -0.492 e. The summed E-state index contributed by atoms with van der Waals surface area (Å²) < 4.78 is 32.7. The van der Waals surface area contributed by atoms with Gasteiger partial charge in [0.25, 0.3) is 0 Å². The molecule has 0 unspecified atom stereocenters. The van der Waals surface area contributed by atoms with Crippen molar-refractivity contribution in [3.05, 3.63) is 71.1 Å². The van der Waals surface area contributed by atoms with Gasteiger partial charge in [0, 0.05) is 11.5 Å². The Morgan fingerprint density at radius 3 is 2.28 bits per heavy atom. The van der Waals surface area contributed by atoms with Gasteiger partial charge >= 0.3 is 0 Å². The van der Waals surface area contributed by atoms with Crippen molar-refractivity contribution < 1.29 is 13.2 Å². The molecule has 0 aliphatic carbocycles. The van der Waals surface area contributed by atoms with Crippen molar-refractivity contribution in [2.45, 2.75) is 37.5 Å². The van der Waals surface area contributed by atoms with Gasteiger partial charge in [-0.1, -0.05) is 68.3 Å². The third-order valence-corrected chi connectivity index (χ3v) is 6.58. The Labute approximate surface area is 150 Å². The van der Waals surface area contributed by atoms with Gasteiger partial charge in [0.1, 0.15) is 5.76 Å². The van der Waals surface area contributed by atoms with Crippen LogP contribution in [0.1, 0.15) is 38.2 Å². The van der Waals surface area contributed by atoms with Crippen molar-refractivity contribution >= 4 is 15.6 Å². The normalized spacial score (nSPS) is 18.0. The molecular weight excluding hydrogens is 332 g/mol. The molecule has 0 bridgehead atoms. The molecule has 0 N–H and O–H groups in total. The Morgan fingerprint density at radius 2 is 1.64 bits per heavy atom. The maximum Gasteiger partial charge on any atom is 0.206 e. The molecule has 0 radical (unpaired) electrons. The predicted octanol–water partition coefficient (Wildman–Crippen LogP) is 5.06. The highest BCUT2D eigenvalue weighted by molar-refractivity contribution is 7.95. The highest BCUT2D eigenvalue weighted by Crippen LogP contribution is 2.40. The van der Waals surface area contributed by atoms with Crippen LogP contribution in [0.2, 0.25) is 0 Å². The van der Waals surface area contributed by atoms with Gasteiger partial charge in [0.05, 0.1) is 16.4 Å². The molecule has 1 heterocycles.